The second kappa shape index (κ2) is 2.72. The molecule has 6 nitrogen and oxygen atoms in total. The molecular weight excluding hydrogens is 159 g/mol. The number of nitrogens with zero attached hydrogens (tertiary/aromatic N) is 1. The summed E-state index contributed by atoms with van der Waals surface area (Å²) >= 11 is 0. The van der Waals surface area contributed by atoms with E-state index < -0.39 is 14.1 Å². The van der Waals surface area contributed by atoms with Crippen molar-refractivity contribution in [3.8, 4) is 11.6 Å². The molecule has 0 spiro atoms. The van der Waals surface area contributed by atoms with Crippen LogP contribution in [0.3, 0.4) is 0 Å². The third-order valence-electron chi connectivity index (χ3n) is 0.784. The van der Waals surface area contributed by atoms with Crippen LogP contribution in [-0.4, -0.2) is 20.2 Å². The van der Waals surface area contributed by atoms with Gasteiger partial charge in [0.05, 0.1) is 6.20 Å². The van der Waals surface area contributed by atoms with Crippen LogP contribution in [0.15, 0.2) is 6.20 Å². The minimum Gasteiger partial charge on any atom is -0.490 e. The predicted octanol–water partition coefficient (Wildman–Crippen LogP) is -0.124. The summed E-state index contributed by atoms with van der Waals surface area (Å²) in [5, 5.41) is 14.2. The molecule has 0 aromatic carbocycles. The van der Waals surface area contributed by atoms with Crippen LogP contribution in [0.5, 0.6) is 11.6 Å². The van der Waals surface area contributed by atoms with E-state index in [1.165, 1.54) is 6.20 Å². The van der Waals surface area contributed by atoms with Crippen molar-refractivity contribution in [2.45, 2.75) is 0 Å². The number of aromatic nitrogens is 2. The van der Waals surface area contributed by atoms with Crippen molar-refractivity contribution in [1.82, 2.24) is 10.2 Å². The monoisotopic (exact) mass is 164 g/mol. The van der Waals surface area contributed by atoms with E-state index in [0.717, 1.165) is 0 Å². The Morgan fingerprint density at radius 2 is 2.50 bits per heavy atom. The van der Waals surface area contributed by atoms with Crippen LogP contribution in [0.1, 0.15) is 0 Å². The van der Waals surface area contributed by atoms with Crippen LogP contribution in [0.4, 0.5) is 0 Å². The van der Waals surface area contributed by atoms with Crippen LogP contribution >= 0.6 is 8.25 Å². The first kappa shape index (κ1) is 7.11. The zero-order valence-electron chi connectivity index (χ0n) is 4.74. The Labute approximate surface area is 56.4 Å². The van der Waals surface area contributed by atoms with Crippen molar-refractivity contribution in [3.63, 3.8) is 0 Å². The molecule has 0 amide bonds. The third-order valence-corrected chi connectivity index (χ3v) is 1.18. The molecule has 3 N–H and O–H groups in total. The van der Waals surface area contributed by atoms with Gasteiger partial charge in [-0.25, -0.2) is 4.57 Å². The van der Waals surface area contributed by atoms with Crippen LogP contribution in [0.25, 0.3) is 0 Å². The Hall–Kier alpha value is -1.00. The Kier molecular flexibility index (Phi) is 1.94. The van der Waals surface area contributed by atoms with Gasteiger partial charge in [-0.1, -0.05) is 0 Å². The zero-order chi connectivity index (χ0) is 7.56. The predicted molar refractivity (Wildman–Crippen MR) is 32.1 cm³/mol. The quantitative estimate of drug-likeness (QED) is 0.529. The van der Waals surface area contributed by atoms with Gasteiger partial charge in [-0.2, -0.15) is 0 Å². The standard InChI is InChI=1S/C3H5N2O4P/c6-3-2(1-4-5-3)9-10(7)8/h1,10H,(H,7,8)(H2,4,5,6). The minimum absolute atomic E-state index is 0.119. The van der Waals surface area contributed by atoms with Gasteiger partial charge < -0.3 is 14.5 Å². The highest BCUT2D eigenvalue weighted by atomic mass is 31.1. The Bertz CT molecular complexity index is 246. The molecule has 0 aliphatic rings. The second-order valence-corrected chi connectivity index (χ2v) is 2.18. The lowest BCUT2D eigenvalue weighted by Gasteiger charge is -1.94. The summed E-state index contributed by atoms with van der Waals surface area (Å²) < 4.78 is 14.3. The van der Waals surface area contributed by atoms with Crippen molar-refractivity contribution in [3.05, 3.63) is 6.20 Å². The van der Waals surface area contributed by atoms with Gasteiger partial charge >= 0.3 is 8.25 Å². The van der Waals surface area contributed by atoms with Gasteiger partial charge in [-0.05, 0) is 0 Å². The Morgan fingerprint density at radius 3 is 2.90 bits per heavy atom. The molecule has 1 unspecified atom stereocenters. The molecule has 1 heterocycles. The number of rotatable bonds is 2. The highest BCUT2D eigenvalue weighted by Crippen LogP contribution is 2.28. The molecule has 7 heteroatoms. The molecule has 0 bridgehead atoms. The zero-order valence-corrected chi connectivity index (χ0v) is 5.74. The molecule has 0 fully saturated rings. The maximum Gasteiger partial charge on any atom is 0.365 e. The lowest BCUT2D eigenvalue weighted by molar-refractivity contribution is 0.385. The fourth-order valence-corrected chi connectivity index (χ4v) is 0.779. The molecular formula is C3H5N2O4P. The normalized spacial score (nSPS) is 12.9. The number of hydrogen-bond donors (Lipinski definition) is 3. The lowest BCUT2D eigenvalue weighted by atomic mass is 10.6. The molecule has 0 aliphatic carbocycles. The van der Waals surface area contributed by atoms with Crippen LogP contribution in [-0.2, 0) is 4.57 Å². The van der Waals surface area contributed by atoms with Crippen molar-refractivity contribution >= 4 is 8.25 Å². The van der Waals surface area contributed by atoms with Crippen LogP contribution in [0, 0.1) is 0 Å². The van der Waals surface area contributed by atoms with Gasteiger partial charge in [0.1, 0.15) is 0 Å². The summed E-state index contributed by atoms with van der Waals surface area (Å²) in [4.78, 5) is 8.22. The third kappa shape index (κ3) is 1.49. The highest BCUT2D eigenvalue weighted by Gasteiger charge is 2.05. The largest absolute Gasteiger partial charge is 0.490 e. The Morgan fingerprint density at radius 1 is 1.80 bits per heavy atom. The molecule has 0 saturated carbocycles. The average Bonchev–Trinajstić information content (AvgIpc) is 2.15. The van der Waals surface area contributed by atoms with E-state index in [4.69, 9.17) is 10.00 Å². The first-order chi connectivity index (χ1) is 4.70. The smallest absolute Gasteiger partial charge is 0.365 e. The molecule has 10 heavy (non-hydrogen) atoms. The molecule has 1 aromatic rings. The van der Waals surface area contributed by atoms with Crippen molar-refractivity contribution in [2.24, 2.45) is 0 Å². The van der Waals surface area contributed by atoms with Crippen molar-refractivity contribution < 1.29 is 19.1 Å². The van der Waals surface area contributed by atoms with E-state index in [2.05, 4.69) is 14.7 Å². The topological polar surface area (TPSA) is 95.4 Å². The summed E-state index contributed by atoms with van der Waals surface area (Å²) in [6.07, 6.45) is 1.17. The van der Waals surface area contributed by atoms with Gasteiger partial charge in [0.2, 0.25) is 5.75 Å². The summed E-state index contributed by atoms with van der Waals surface area (Å²) in [5.41, 5.74) is 0. The molecule has 56 valence electrons. The maximum atomic E-state index is 10.0. The minimum atomic E-state index is -3.05. The van der Waals surface area contributed by atoms with Gasteiger partial charge in [0, 0.05) is 0 Å². The molecule has 0 saturated heterocycles. The summed E-state index contributed by atoms with van der Waals surface area (Å²) in [6.45, 7) is 0. The van der Waals surface area contributed by atoms with E-state index in [-0.39, 0.29) is 5.75 Å². The van der Waals surface area contributed by atoms with Gasteiger partial charge in [-0.15, -0.1) is 5.10 Å². The first-order valence-corrected chi connectivity index (χ1v) is 3.60. The van der Waals surface area contributed by atoms with Gasteiger partial charge in [0.25, 0.3) is 5.88 Å². The van der Waals surface area contributed by atoms with E-state index in [0.29, 0.717) is 0 Å². The lowest BCUT2D eigenvalue weighted by Crippen LogP contribution is -1.76. The van der Waals surface area contributed by atoms with Gasteiger partial charge in [0.15, 0.2) is 0 Å². The van der Waals surface area contributed by atoms with E-state index in [1.807, 2.05) is 0 Å². The first-order valence-electron chi connectivity index (χ1n) is 2.33. The fourth-order valence-electron chi connectivity index (χ4n) is 0.441. The average molecular weight is 164 g/mol. The summed E-state index contributed by atoms with van der Waals surface area (Å²) in [6, 6.07) is 0. The molecule has 1 aromatic heterocycles. The van der Waals surface area contributed by atoms with E-state index >= 15 is 0 Å². The van der Waals surface area contributed by atoms with E-state index in [1.54, 1.807) is 0 Å². The fraction of sp³-hybridized carbons (Fsp3) is 0. The Balaban J connectivity index is 2.74. The summed E-state index contributed by atoms with van der Waals surface area (Å²) in [7, 11) is -3.05. The number of aromatic hydroxyl groups is 1. The van der Waals surface area contributed by atoms with Crippen molar-refractivity contribution in [1.29, 1.82) is 0 Å². The SMILES string of the molecule is O=[PH](O)Oc1c[nH]nc1O. The molecule has 1 atom stereocenters. The maximum absolute atomic E-state index is 10.0. The van der Waals surface area contributed by atoms with Crippen molar-refractivity contribution in [2.75, 3.05) is 0 Å². The number of H-pyrrole nitrogens is 1. The van der Waals surface area contributed by atoms with Crippen LogP contribution in [0.2, 0.25) is 0 Å². The highest BCUT2D eigenvalue weighted by molar-refractivity contribution is 7.32. The summed E-state index contributed by atoms with van der Waals surface area (Å²) in [5.74, 6) is -0.543. The van der Waals surface area contributed by atoms with Gasteiger partial charge in [-0.3, -0.25) is 5.10 Å². The van der Waals surface area contributed by atoms with E-state index in [9.17, 15) is 4.57 Å². The van der Waals surface area contributed by atoms with Crippen LogP contribution < -0.4 is 4.52 Å². The number of aromatic amines is 1. The number of hydrogen-bond acceptors (Lipinski definition) is 4. The molecule has 1 rings (SSSR count). The number of nitrogens with one attached hydrogen (secondary N) is 1. The second-order valence-electron chi connectivity index (χ2n) is 1.44. The molecule has 0 radical (unpaired) electrons. The molecule has 0 aliphatic heterocycles.